The van der Waals surface area contributed by atoms with E-state index < -0.39 is 11.9 Å². The molecule has 2 rings (SSSR count). The zero-order valence-corrected chi connectivity index (χ0v) is 13.6. The molecule has 0 aromatic carbocycles. The van der Waals surface area contributed by atoms with E-state index in [1.165, 1.54) is 14.0 Å². The molecule has 0 radical (unpaired) electrons. The molecule has 19 heavy (non-hydrogen) atoms. The zero-order valence-electron chi connectivity index (χ0n) is 10.8. The van der Waals surface area contributed by atoms with Crippen molar-refractivity contribution in [1.29, 1.82) is 0 Å². The van der Waals surface area contributed by atoms with Crippen molar-refractivity contribution in [1.82, 2.24) is 10.2 Å². The van der Waals surface area contributed by atoms with Gasteiger partial charge >= 0.3 is 29.6 Å². The van der Waals surface area contributed by atoms with Crippen molar-refractivity contribution in [2.75, 3.05) is 13.7 Å². The second kappa shape index (κ2) is 6.27. The van der Waals surface area contributed by atoms with Gasteiger partial charge in [0, 0.05) is 14.0 Å². The first-order valence-electron chi connectivity index (χ1n) is 5.19. The third kappa shape index (κ3) is 2.82. The summed E-state index contributed by atoms with van der Waals surface area (Å²) in [6, 6.07) is 0. The molecule has 2 aliphatic heterocycles. The number of carbonyl (C=O) groups is 3. The first kappa shape index (κ1) is 16.5. The van der Waals surface area contributed by atoms with Crippen LogP contribution in [-0.2, 0) is 19.1 Å². The number of hydrogen-bond acceptors (Lipinski definition) is 6. The monoisotopic (exact) mass is 294 g/mol. The summed E-state index contributed by atoms with van der Waals surface area (Å²) in [6.07, 6.45) is 0. The number of methoxy groups -OCH3 is 1. The summed E-state index contributed by atoms with van der Waals surface area (Å²) in [4.78, 5) is 34.9. The van der Waals surface area contributed by atoms with Crippen LogP contribution in [0.1, 0.15) is 6.92 Å². The first-order valence-corrected chi connectivity index (χ1v) is 6.07. The van der Waals surface area contributed by atoms with Crippen LogP contribution < -0.4 is 40.0 Å². The Kier molecular flexibility index (Phi) is 5.45. The third-order valence-electron chi connectivity index (χ3n) is 2.68. The smallest absolute Gasteiger partial charge is 0.543 e. The van der Waals surface area contributed by atoms with Crippen LogP contribution in [0.4, 0.5) is 0 Å². The number of aliphatic carboxylic acids is 1. The van der Waals surface area contributed by atoms with E-state index in [0.29, 0.717) is 0 Å². The summed E-state index contributed by atoms with van der Waals surface area (Å²) >= 11 is 1.13. The molecule has 0 spiro atoms. The topological polar surface area (TPSA) is 98.8 Å². The van der Waals surface area contributed by atoms with E-state index in [4.69, 9.17) is 4.74 Å². The Morgan fingerprint density at radius 3 is 2.63 bits per heavy atom. The Bertz CT molecular complexity index is 467. The maximum absolute atomic E-state index is 11.8. The number of carbonyl (C=O) groups excluding carboxylic acids is 3. The molecule has 2 atom stereocenters. The number of carboxylic acid groups (broad SMARTS) is 1. The van der Waals surface area contributed by atoms with E-state index in [-0.39, 0.29) is 64.1 Å². The fraction of sp³-hybridized carbons (Fsp3) is 0.500. The summed E-state index contributed by atoms with van der Waals surface area (Å²) in [6.45, 7) is 1.49. The summed E-state index contributed by atoms with van der Waals surface area (Å²) < 4.78 is 4.91. The number of ether oxygens (including phenoxy) is 1. The average Bonchev–Trinajstić information content (AvgIpc) is 2.60. The van der Waals surface area contributed by atoms with Crippen LogP contribution in [0.15, 0.2) is 10.7 Å². The van der Waals surface area contributed by atoms with E-state index in [1.807, 2.05) is 0 Å². The maximum Gasteiger partial charge on any atom is 1.00 e. The molecule has 2 aliphatic rings. The minimum absolute atomic E-state index is 0. The predicted octanol–water partition coefficient (Wildman–Crippen LogP) is -4.78. The molecule has 0 aromatic heterocycles. The van der Waals surface area contributed by atoms with Gasteiger partial charge in [0.1, 0.15) is 10.4 Å². The number of carboxylic acids is 1. The van der Waals surface area contributed by atoms with Gasteiger partial charge in [-0.1, -0.05) is 11.8 Å². The molecule has 1 N–H and O–H groups in total. The van der Waals surface area contributed by atoms with Gasteiger partial charge in [0.15, 0.2) is 0 Å². The van der Waals surface area contributed by atoms with Gasteiger partial charge < -0.3 is 20.0 Å². The van der Waals surface area contributed by atoms with E-state index in [2.05, 4.69) is 5.32 Å². The summed E-state index contributed by atoms with van der Waals surface area (Å²) in [5, 5.41) is 13.3. The van der Waals surface area contributed by atoms with Crippen LogP contribution in [0.3, 0.4) is 0 Å². The summed E-state index contributed by atoms with van der Waals surface area (Å²) in [5.74, 6) is -2.58. The predicted molar refractivity (Wildman–Crippen MR) is 59.4 cm³/mol. The Morgan fingerprint density at radius 2 is 2.16 bits per heavy atom. The number of amides is 2. The van der Waals surface area contributed by atoms with Gasteiger partial charge in [0.25, 0.3) is 0 Å². The number of thioether (sulfide) groups is 1. The number of β-lactam (4-membered cyclic amide) rings is 1. The molecule has 0 bridgehead atoms. The second-order valence-corrected chi connectivity index (χ2v) is 5.05. The Morgan fingerprint density at radius 1 is 1.53 bits per heavy atom. The molecule has 1 fully saturated rings. The van der Waals surface area contributed by atoms with E-state index in [1.54, 1.807) is 0 Å². The summed E-state index contributed by atoms with van der Waals surface area (Å²) in [5.41, 5.74) is -0.266. The number of nitrogens with one attached hydrogen (secondary N) is 1. The molecule has 1 unspecified atom stereocenters. The van der Waals surface area contributed by atoms with Gasteiger partial charge in [-0.15, -0.1) is 0 Å². The molecule has 7 nitrogen and oxygen atoms in total. The van der Waals surface area contributed by atoms with Crippen molar-refractivity contribution in [2.24, 2.45) is 5.92 Å². The van der Waals surface area contributed by atoms with Gasteiger partial charge in [-0.25, -0.2) is 0 Å². The number of nitrogens with zero attached hydrogens (tertiary/aromatic N) is 1. The summed E-state index contributed by atoms with van der Waals surface area (Å²) in [7, 11) is 1.47. The standard InChI is InChI=1S/C10H12N2O5S.Na/c1-4(13)11-7-6(10(15)16)12-8(14)5(3-17-2)9(12)18-7;/h5,9H,3H2,1-2H3,(H,11,13)(H,15,16);/q;+1/p-1/t5?,9-;/m0./s1. The molecular weight excluding hydrogens is 283 g/mol. The van der Waals surface area contributed by atoms with Crippen LogP contribution in [0.25, 0.3) is 0 Å². The molecule has 98 valence electrons. The largest absolute Gasteiger partial charge is 1.00 e. The van der Waals surface area contributed by atoms with E-state index in [9.17, 15) is 19.5 Å². The minimum atomic E-state index is -1.47. The molecule has 1 saturated heterocycles. The number of rotatable bonds is 4. The molecular formula is C10H11N2NaO5S. The van der Waals surface area contributed by atoms with Crippen molar-refractivity contribution in [3.8, 4) is 0 Å². The molecule has 2 heterocycles. The van der Waals surface area contributed by atoms with Crippen molar-refractivity contribution in [3.63, 3.8) is 0 Å². The fourth-order valence-electron chi connectivity index (χ4n) is 1.95. The molecule has 0 saturated carbocycles. The SMILES string of the molecule is COCC1C(=O)N2C(C(=O)[O-])=C(NC(C)=O)S[C@@H]12.[Na+]. The molecule has 2 amide bonds. The van der Waals surface area contributed by atoms with Crippen LogP contribution in [0, 0.1) is 5.92 Å². The number of hydrogen-bond donors (Lipinski definition) is 1. The van der Waals surface area contributed by atoms with Crippen molar-refractivity contribution < 1.29 is 53.8 Å². The fourth-order valence-corrected chi connectivity index (χ4v) is 3.37. The normalized spacial score (nSPS) is 24.5. The van der Waals surface area contributed by atoms with Crippen LogP contribution >= 0.6 is 11.8 Å². The van der Waals surface area contributed by atoms with Gasteiger partial charge in [-0.05, 0) is 0 Å². The van der Waals surface area contributed by atoms with Gasteiger partial charge in [0.05, 0.1) is 24.2 Å². The van der Waals surface area contributed by atoms with Crippen LogP contribution in [0.2, 0.25) is 0 Å². The first-order chi connectivity index (χ1) is 8.47. The average molecular weight is 294 g/mol. The van der Waals surface area contributed by atoms with Gasteiger partial charge in [-0.2, -0.15) is 0 Å². The van der Waals surface area contributed by atoms with E-state index >= 15 is 0 Å². The van der Waals surface area contributed by atoms with Crippen molar-refractivity contribution in [3.05, 3.63) is 10.7 Å². The Hall–Kier alpha value is -0.540. The molecule has 9 heteroatoms. The van der Waals surface area contributed by atoms with Crippen LogP contribution in [0.5, 0.6) is 0 Å². The van der Waals surface area contributed by atoms with Gasteiger partial charge in [0.2, 0.25) is 11.8 Å². The molecule has 0 aliphatic carbocycles. The van der Waals surface area contributed by atoms with E-state index in [0.717, 1.165) is 16.7 Å². The third-order valence-corrected chi connectivity index (χ3v) is 3.99. The Balaban J connectivity index is 0.00000180. The Labute approximate surface area is 136 Å². The van der Waals surface area contributed by atoms with Crippen molar-refractivity contribution in [2.45, 2.75) is 12.3 Å². The zero-order chi connectivity index (χ0) is 13.4. The quantitative estimate of drug-likeness (QED) is 0.413. The van der Waals surface area contributed by atoms with Crippen LogP contribution in [-0.4, -0.2) is 41.8 Å². The minimum Gasteiger partial charge on any atom is -0.543 e. The maximum atomic E-state index is 11.8. The molecule has 0 aromatic rings. The number of fused-ring (bicyclic) bond motifs is 1. The van der Waals surface area contributed by atoms with Crippen molar-refractivity contribution >= 4 is 29.5 Å². The van der Waals surface area contributed by atoms with Gasteiger partial charge in [-0.3, -0.25) is 14.5 Å². The second-order valence-electron chi connectivity index (χ2n) is 3.92.